The van der Waals surface area contributed by atoms with Crippen LogP contribution in [0.2, 0.25) is 0 Å². The van der Waals surface area contributed by atoms with Crippen LogP contribution in [0.4, 0.5) is 14.9 Å². The summed E-state index contributed by atoms with van der Waals surface area (Å²) in [6.07, 6.45) is 0.113. The number of nitrogens with one attached hydrogen (secondary N) is 2. The highest BCUT2D eigenvalue weighted by Crippen LogP contribution is 2.29. The molecule has 174 valence electrons. The molecule has 0 radical (unpaired) electrons. The maximum absolute atomic E-state index is 14.7. The van der Waals surface area contributed by atoms with Gasteiger partial charge in [0.05, 0.1) is 10.6 Å². The van der Waals surface area contributed by atoms with Gasteiger partial charge in [0, 0.05) is 18.4 Å². The number of alkyl carbamates (subject to hydrolysis) is 1. The summed E-state index contributed by atoms with van der Waals surface area (Å²) in [6, 6.07) is 8.94. The van der Waals surface area contributed by atoms with Crippen molar-refractivity contribution in [3.8, 4) is 11.1 Å². The Balaban J connectivity index is 2.23. The lowest BCUT2D eigenvalue weighted by molar-refractivity contribution is -0.118. The number of halogens is 1. The molecule has 0 aliphatic rings. The van der Waals surface area contributed by atoms with Crippen molar-refractivity contribution in [3.05, 3.63) is 48.3 Å². The second-order valence-electron chi connectivity index (χ2n) is 8.16. The van der Waals surface area contributed by atoms with E-state index in [4.69, 9.17) is 4.74 Å². The molecule has 0 saturated carbocycles. The lowest BCUT2D eigenvalue weighted by Crippen LogP contribution is -2.46. The minimum absolute atomic E-state index is 0.0563. The van der Waals surface area contributed by atoms with E-state index in [1.807, 2.05) is 0 Å². The number of hydrogen-bond donors (Lipinski definition) is 3. The van der Waals surface area contributed by atoms with E-state index in [-0.39, 0.29) is 17.0 Å². The Morgan fingerprint density at radius 3 is 2.38 bits per heavy atom. The van der Waals surface area contributed by atoms with Gasteiger partial charge in [-0.25, -0.2) is 17.6 Å². The van der Waals surface area contributed by atoms with Crippen molar-refractivity contribution in [1.82, 2.24) is 5.32 Å². The molecule has 3 N–H and O–H groups in total. The van der Waals surface area contributed by atoms with Crippen LogP contribution in [0.3, 0.4) is 0 Å². The minimum atomic E-state index is -3.53. The molecule has 0 aliphatic carbocycles. The molecule has 2 amide bonds. The number of rotatable bonds is 7. The predicted octanol–water partition coefficient (Wildman–Crippen LogP) is 3.11. The second kappa shape index (κ2) is 10.1. The van der Waals surface area contributed by atoms with Crippen LogP contribution in [0.15, 0.2) is 47.4 Å². The molecular formula is C22H27FN2O6S. The largest absolute Gasteiger partial charge is 0.444 e. The highest BCUT2D eigenvalue weighted by molar-refractivity contribution is 7.90. The van der Waals surface area contributed by atoms with Gasteiger partial charge in [0.2, 0.25) is 5.91 Å². The van der Waals surface area contributed by atoms with Gasteiger partial charge >= 0.3 is 6.09 Å². The summed E-state index contributed by atoms with van der Waals surface area (Å²) in [4.78, 5) is 24.6. The third kappa shape index (κ3) is 7.03. The third-order valence-electron chi connectivity index (χ3n) is 4.25. The molecule has 0 aliphatic heterocycles. The Morgan fingerprint density at radius 1 is 1.16 bits per heavy atom. The zero-order valence-corrected chi connectivity index (χ0v) is 19.1. The van der Waals surface area contributed by atoms with Crippen LogP contribution < -0.4 is 10.6 Å². The Labute approximate surface area is 186 Å². The topological polar surface area (TPSA) is 122 Å². The van der Waals surface area contributed by atoms with Crippen molar-refractivity contribution in [1.29, 1.82) is 0 Å². The number of aliphatic hydroxyl groups is 1. The zero-order valence-electron chi connectivity index (χ0n) is 18.3. The van der Waals surface area contributed by atoms with Crippen LogP contribution in [0, 0.1) is 5.82 Å². The van der Waals surface area contributed by atoms with E-state index in [1.54, 1.807) is 39.0 Å². The third-order valence-corrected chi connectivity index (χ3v) is 5.40. The van der Waals surface area contributed by atoms with Gasteiger partial charge in [-0.05, 0) is 51.0 Å². The first-order chi connectivity index (χ1) is 14.8. The molecule has 0 spiro atoms. The molecule has 2 aromatic carbocycles. The molecule has 2 aromatic rings. The molecule has 0 fully saturated rings. The van der Waals surface area contributed by atoms with Crippen LogP contribution in [0.25, 0.3) is 11.1 Å². The fraction of sp³-hybridized carbons (Fsp3) is 0.364. The lowest BCUT2D eigenvalue weighted by atomic mass is 10.0. The number of carbonyl (C=O) groups is 2. The summed E-state index contributed by atoms with van der Waals surface area (Å²) in [7, 11) is -3.53. The smallest absolute Gasteiger partial charge is 0.408 e. The minimum Gasteiger partial charge on any atom is -0.444 e. The van der Waals surface area contributed by atoms with E-state index in [0.717, 1.165) is 12.3 Å². The van der Waals surface area contributed by atoms with E-state index in [1.165, 1.54) is 18.2 Å². The quantitative estimate of drug-likeness (QED) is 0.576. The van der Waals surface area contributed by atoms with E-state index in [9.17, 15) is 27.5 Å². The molecule has 0 aromatic heterocycles. The van der Waals surface area contributed by atoms with Gasteiger partial charge in [0.1, 0.15) is 17.5 Å². The summed E-state index contributed by atoms with van der Waals surface area (Å²) in [6.45, 7) is 4.59. The average Bonchev–Trinajstić information content (AvgIpc) is 2.67. The first-order valence-electron chi connectivity index (χ1n) is 9.82. The maximum atomic E-state index is 14.7. The summed E-state index contributed by atoms with van der Waals surface area (Å²) < 4.78 is 43.9. The van der Waals surface area contributed by atoms with Crippen LogP contribution in [-0.2, 0) is 19.4 Å². The summed E-state index contributed by atoms with van der Waals surface area (Å²) in [5, 5.41) is 13.9. The molecule has 0 heterocycles. The molecular weight excluding hydrogens is 439 g/mol. The number of anilines is 1. The molecule has 32 heavy (non-hydrogen) atoms. The van der Waals surface area contributed by atoms with E-state index < -0.39 is 45.9 Å². The van der Waals surface area contributed by atoms with Gasteiger partial charge in [0.25, 0.3) is 0 Å². The van der Waals surface area contributed by atoms with Crippen molar-refractivity contribution in [2.75, 3.05) is 18.2 Å². The van der Waals surface area contributed by atoms with Crippen molar-refractivity contribution in [2.45, 2.75) is 43.7 Å². The van der Waals surface area contributed by atoms with E-state index in [0.29, 0.717) is 11.1 Å². The monoisotopic (exact) mass is 466 g/mol. The number of ether oxygens (including phenoxy) is 1. The predicted molar refractivity (Wildman–Crippen MR) is 118 cm³/mol. The van der Waals surface area contributed by atoms with Crippen molar-refractivity contribution >= 4 is 27.5 Å². The summed E-state index contributed by atoms with van der Waals surface area (Å²) in [5.74, 6) is -1.53. The van der Waals surface area contributed by atoms with Gasteiger partial charge in [-0.1, -0.05) is 24.3 Å². The van der Waals surface area contributed by atoms with Crippen molar-refractivity contribution in [3.63, 3.8) is 0 Å². The summed E-state index contributed by atoms with van der Waals surface area (Å²) >= 11 is 0. The normalized spacial score (nSPS) is 12.7. The molecule has 8 nitrogen and oxygen atoms in total. The number of sulfone groups is 1. The molecule has 1 atom stereocenters. The molecule has 10 heteroatoms. The number of aliphatic hydroxyl groups excluding tert-OH is 1. The Hall–Kier alpha value is -2.98. The SMILES string of the molecule is CC(C)(C)OC(=O)NC(CCO)C(=O)Nc1ccc(-c2ccccc2S(C)(=O)=O)cc1F. The number of amides is 2. The van der Waals surface area contributed by atoms with Crippen molar-refractivity contribution < 1.29 is 32.2 Å². The van der Waals surface area contributed by atoms with Crippen LogP contribution in [0.1, 0.15) is 27.2 Å². The van der Waals surface area contributed by atoms with Gasteiger partial charge in [-0.15, -0.1) is 0 Å². The Bertz CT molecular complexity index is 1100. The summed E-state index contributed by atoms with van der Waals surface area (Å²) in [5.41, 5.74) is -0.296. The van der Waals surface area contributed by atoms with Gasteiger partial charge in [-0.3, -0.25) is 4.79 Å². The lowest BCUT2D eigenvalue weighted by Gasteiger charge is -2.23. The fourth-order valence-corrected chi connectivity index (χ4v) is 3.79. The fourth-order valence-electron chi connectivity index (χ4n) is 2.88. The first kappa shape index (κ1) is 25.3. The Morgan fingerprint density at radius 2 is 1.81 bits per heavy atom. The highest BCUT2D eigenvalue weighted by atomic mass is 32.2. The van der Waals surface area contributed by atoms with Crippen LogP contribution >= 0.6 is 0 Å². The van der Waals surface area contributed by atoms with Crippen LogP contribution in [-0.4, -0.2) is 50.0 Å². The van der Waals surface area contributed by atoms with Crippen LogP contribution in [0.5, 0.6) is 0 Å². The zero-order chi connectivity index (χ0) is 24.1. The van der Waals surface area contributed by atoms with Gasteiger partial charge < -0.3 is 20.5 Å². The number of benzene rings is 2. The molecule has 0 bridgehead atoms. The van der Waals surface area contributed by atoms with Crippen molar-refractivity contribution in [2.24, 2.45) is 0 Å². The number of carbonyl (C=O) groups excluding carboxylic acids is 2. The second-order valence-corrected chi connectivity index (χ2v) is 10.1. The highest BCUT2D eigenvalue weighted by Gasteiger charge is 2.25. The first-order valence-corrected chi connectivity index (χ1v) is 11.7. The number of hydrogen-bond acceptors (Lipinski definition) is 6. The molecule has 0 saturated heterocycles. The average molecular weight is 467 g/mol. The Kier molecular flexibility index (Phi) is 7.97. The molecule has 2 rings (SSSR count). The van der Waals surface area contributed by atoms with E-state index >= 15 is 0 Å². The van der Waals surface area contributed by atoms with Gasteiger partial charge in [0.15, 0.2) is 9.84 Å². The standard InChI is InChI=1S/C22H27FN2O6S/c1-22(2,3)31-21(28)25-18(11-12-26)20(27)24-17-10-9-14(13-16(17)23)15-7-5-6-8-19(15)32(4,29)30/h5-10,13,18,26H,11-12H2,1-4H3,(H,24,27)(H,25,28). The van der Waals surface area contributed by atoms with E-state index in [2.05, 4.69) is 10.6 Å². The van der Waals surface area contributed by atoms with Gasteiger partial charge in [-0.2, -0.15) is 0 Å². The molecule has 1 unspecified atom stereocenters. The maximum Gasteiger partial charge on any atom is 0.408 e.